The lowest BCUT2D eigenvalue weighted by atomic mass is 10.2. The zero-order valence-electron chi connectivity index (χ0n) is 10.8. The highest BCUT2D eigenvalue weighted by atomic mass is 32.1. The number of nitrogens with one attached hydrogen (secondary N) is 1. The second kappa shape index (κ2) is 5.30. The molecular weight excluding hydrogens is 272 g/mol. The number of ether oxygens (including phenoxy) is 1. The number of methoxy groups -OCH3 is 1. The highest BCUT2D eigenvalue weighted by Gasteiger charge is 2.21. The molecular formula is C15H12N2O2S. The number of amides is 1. The van der Waals surface area contributed by atoms with Crippen molar-refractivity contribution in [3.05, 3.63) is 57.9 Å². The van der Waals surface area contributed by atoms with Gasteiger partial charge in [0.15, 0.2) is 0 Å². The van der Waals surface area contributed by atoms with E-state index >= 15 is 0 Å². The van der Waals surface area contributed by atoms with Crippen LogP contribution in [-0.4, -0.2) is 18.9 Å². The van der Waals surface area contributed by atoms with E-state index in [0.29, 0.717) is 11.5 Å². The van der Waals surface area contributed by atoms with E-state index < -0.39 is 0 Å². The lowest BCUT2D eigenvalue weighted by molar-refractivity contribution is -0.115. The quantitative estimate of drug-likeness (QED) is 0.881. The molecule has 4 nitrogen and oxygen atoms in total. The second-order valence-corrected chi connectivity index (χ2v) is 5.17. The SMILES string of the molecule is COc1ccc(C2=N/C(=C/c3cccs3)C(=O)N2)cc1. The van der Waals surface area contributed by atoms with E-state index in [1.54, 1.807) is 24.5 Å². The number of carbonyl (C=O) groups excluding carboxylic acids is 1. The largest absolute Gasteiger partial charge is 0.497 e. The standard InChI is InChI=1S/C15H12N2O2S/c1-19-11-6-4-10(5-7-11)14-16-13(15(18)17-14)9-12-3-2-8-20-12/h2-9H,1H3,(H,16,17,18)/b13-9+. The molecule has 0 radical (unpaired) electrons. The predicted octanol–water partition coefficient (Wildman–Crippen LogP) is 2.67. The van der Waals surface area contributed by atoms with E-state index in [1.807, 2.05) is 41.8 Å². The predicted molar refractivity (Wildman–Crippen MR) is 80.0 cm³/mol. The Balaban J connectivity index is 1.89. The lowest BCUT2D eigenvalue weighted by Crippen LogP contribution is -2.24. The van der Waals surface area contributed by atoms with Gasteiger partial charge in [0.1, 0.15) is 17.3 Å². The summed E-state index contributed by atoms with van der Waals surface area (Å²) in [5.74, 6) is 1.16. The summed E-state index contributed by atoms with van der Waals surface area (Å²) in [6.45, 7) is 0. The number of nitrogens with zero attached hydrogens (tertiary/aromatic N) is 1. The summed E-state index contributed by atoms with van der Waals surface area (Å²) in [6.07, 6.45) is 1.79. The van der Waals surface area contributed by atoms with Gasteiger partial charge in [0.25, 0.3) is 5.91 Å². The number of hydrogen-bond donors (Lipinski definition) is 1. The van der Waals surface area contributed by atoms with E-state index in [4.69, 9.17) is 4.74 Å². The molecule has 3 rings (SSSR count). The van der Waals surface area contributed by atoms with Crippen LogP contribution < -0.4 is 10.1 Å². The fraction of sp³-hybridized carbons (Fsp3) is 0.0667. The van der Waals surface area contributed by atoms with Crippen molar-refractivity contribution < 1.29 is 9.53 Å². The molecule has 0 bridgehead atoms. The van der Waals surface area contributed by atoms with Crippen LogP contribution in [0.2, 0.25) is 0 Å². The summed E-state index contributed by atoms with van der Waals surface area (Å²) in [5.41, 5.74) is 1.28. The number of thiophene rings is 1. The number of carbonyl (C=O) groups is 1. The van der Waals surface area contributed by atoms with Crippen molar-refractivity contribution in [2.75, 3.05) is 7.11 Å². The van der Waals surface area contributed by atoms with Crippen LogP contribution >= 0.6 is 11.3 Å². The molecule has 0 spiro atoms. The highest BCUT2D eigenvalue weighted by molar-refractivity contribution is 7.10. The van der Waals surface area contributed by atoms with Gasteiger partial charge < -0.3 is 10.1 Å². The minimum atomic E-state index is -0.177. The van der Waals surface area contributed by atoms with Crippen molar-refractivity contribution in [3.63, 3.8) is 0 Å². The molecule has 100 valence electrons. The number of rotatable bonds is 3. The van der Waals surface area contributed by atoms with Crippen LogP contribution in [0.1, 0.15) is 10.4 Å². The average molecular weight is 284 g/mol. The lowest BCUT2D eigenvalue weighted by Gasteiger charge is -2.02. The molecule has 0 saturated carbocycles. The summed E-state index contributed by atoms with van der Waals surface area (Å²) >= 11 is 1.57. The molecule has 1 N–H and O–H groups in total. The number of aliphatic imine (C=N–C) groups is 1. The first kappa shape index (κ1) is 12.6. The molecule has 1 amide bonds. The van der Waals surface area contributed by atoms with Crippen LogP contribution in [0.5, 0.6) is 5.75 Å². The molecule has 5 heteroatoms. The van der Waals surface area contributed by atoms with Crippen LogP contribution in [0, 0.1) is 0 Å². The molecule has 0 unspecified atom stereocenters. The van der Waals surface area contributed by atoms with Crippen molar-refractivity contribution in [2.45, 2.75) is 0 Å². The van der Waals surface area contributed by atoms with Crippen LogP contribution in [0.3, 0.4) is 0 Å². The van der Waals surface area contributed by atoms with Crippen LogP contribution in [0.4, 0.5) is 0 Å². The summed E-state index contributed by atoms with van der Waals surface area (Å²) in [6, 6.07) is 11.3. The van der Waals surface area contributed by atoms with Crippen molar-refractivity contribution in [1.82, 2.24) is 5.32 Å². The summed E-state index contributed by atoms with van der Waals surface area (Å²) in [5, 5.41) is 4.74. The monoisotopic (exact) mass is 284 g/mol. The van der Waals surface area contributed by atoms with E-state index in [9.17, 15) is 4.79 Å². The zero-order chi connectivity index (χ0) is 13.9. The van der Waals surface area contributed by atoms with Crippen LogP contribution in [0.25, 0.3) is 6.08 Å². The summed E-state index contributed by atoms with van der Waals surface area (Å²) in [7, 11) is 1.62. The maximum Gasteiger partial charge on any atom is 0.275 e. The summed E-state index contributed by atoms with van der Waals surface area (Å²) < 4.78 is 5.11. The molecule has 0 fully saturated rings. The molecule has 1 aliphatic heterocycles. The van der Waals surface area contributed by atoms with Gasteiger partial charge in [-0.2, -0.15) is 0 Å². The third-order valence-corrected chi connectivity index (χ3v) is 3.70. The number of hydrogen-bond acceptors (Lipinski definition) is 4. The van der Waals surface area contributed by atoms with Crippen molar-refractivity contribution in [2.24, 2.45) is 4.99 Å². The Morgan fingerprint density at radius 1 is 1.25 bits per heavy atom. The van der Waals surface area contributed by atoms with Gasteiger partial charge in [-0.25, -0.2) is 4.99 Å². The molecule has 2 aromatic rings. The van der Waals surface area contributed by atoms with Gasteiger partial charge in [0.2, 0.25) is 0 Å². The molecule has 0 aliphatic carbocycles. The molecule has 20 heavy (non-hydrogen) atoms. The number of benzene rings is 1. The highest BCUT2D eigenvalue weighted by Crippen LogP contribution is 2.19. The Morgan fingerprint density at radius 2 is 2.05 bits per heavy atom. The van der Waals surface area contributed by atoms with Gasteiger partial charge >= 0.3 is 0 Å². The second-order valence-electron chi connectivity index (χ2n) is 4.19. The Hall–Kier alpha value is -2.40. The molecule has 1 aliphatic rings. The Morgan fingerprint density at radius 3 is 2.70 bits per heavy atom. The fourth-order valence-corrected chi connectivity index (χ4v) is 2.51. The Kier molecular flexibility index (Phi) is 3.35. The topological polar surface area (TPSA) is 50.7 Å². The van der Waals surface area contributed by atoms with E-state index in [2.05, 4.69) is 10.3 Å². The normalized spacial score (nSPS) is 16.1. The minimum absolute atomic E-state index is 0.177. The Bertz CT molecular complexity index is 685. The maximum atomic E-state index is 11.9. The zero-order valence-corrected chi connectivity index (χ0v) is 11.6. The van der Waals surface area contributed by atoms with Crippen molar-refractivity contribution in [3.8, 4) is 5.75 Å². The van der Waals surface area contributed by atoms with Crippen molar-refractivity contribution >= 4 is 29.2 Å². The minimum Gasteiger partial charge on any atom is -0.497 e. The number of amidine groups is 1. The molecule has 0 atom stereocenters. The summed E-state index contributed by atoms with van der Waals surface area (Å²) in [4.78, 5) is 17.3. The third kappa shape index (κ3) is 2.48. The smallest absolute Gasteiger partial charge is 0.275 e. The first-order valence-electron chi connectivity index (χ1n) is 6.06. The van der Waals surface area contributed by atoms with Crippen LogP contribution in [0.15, 0.2) is 52.5 Å². The molecule has 1 aromatic heterocycles. The van der Waals surface area contributed by atoms with Gasteiger partial charge in [0.05, 0.1) is 7.11 Å². The van der Waals surface area contributed by atoms with E-state index in [1.165, 1.54) is 0 Å². The van der Waals surface area contributed by atoms with E-state index in [-0.39, 0.29) is 5.91 Å². The average Bonchev–Trinajstić information content (AvgIpc) is 3.10. The van der Waals surface area contributed by atoms with Gasteiger partial charge in [-0.3, -0.25) is 4.79 Å². The van der Waals surface area contributed by atoms with Crippen molar-refractivity contribution in [1.29, 1.82) is 0 Å². The molecule has 0 saturated heterocycles. The third-order valence-electron chi connectivity index (χ3n) is 2.88. The Labute approximate surface area is 120 Å². The van der Waals surface area contributed by atoms with Gasteiger partial charge in [-0.05, 0) is 41.8 Å². The molecule has 1 aromatic carbocycles. The van der Waals surface area contributed by atoms with Gasteiger partial charge in [-0.15, -0.1) is 11.3 Å². The fourth-order valence-electron chi connectivity index (χ4n) is 1.86. The van der Waals surface area contributed by atoms with Gasteiger partial charge in [0, 0.05) is 10.4 Å². The van der Waals surface area contributed by atoms with Gasteiger partial charge in [-0.1, -0.05) is 6.07 Å². The molecule has 2 heterocycles. The first-order valence-corrected chi connectivity index (χ1v) is 6.94. The van der Waals surface area contributed by atoms with Crippen LogP contribution in [-0.2, 0) is 4.79 Å². The van der Waals surface area contributed by atoms with E-state index in [0.717, 1.165) is 16.2 Å². The maximum absolute atomic E-state index is 11.9. The first-order chi connectivity index (χ1) is 9.76.